The zero-order valence-electron chi connectivity index (χ0n) is 25.7. The number of likely N-dealkylation sites (tertiary alicyclic amines) is 1. The second-order valence-corrected chi connectivity index (χ2v) is 10.9. The Hall–Kier alpha value is -4.50. The molecule has 44 heavy (non-hydrogen) atoms. The minimum absolute atomic E-state index is 0.217. The minimum Gasteiger partial charge on any atom is -0.492 e. The first-order chi connectivity index (χ1) is 21.3. The second-order valence-electron chi connectivity index (χ2n) is 10.9. The van der Waals surface area contributed by atoms with E-state index in [0.717, 1.165) is 59.1 Å². The summed E-state index contributed by atoms with van der Waals surface area (Å²) < 4.78 is 33.1. The number of carbonyl (C=O) groups excluding carboxylic acids is 2. The molecule has 2 heterocycles. The van der Waals surface area contributed by atoms with Gasteiger partial charge in [-0.3, -0.25) is 4.90 Å². The maximum atomic E-state index is 11.9. The molecule has 3 aromatic rings. The van der Waals surface area contributed by atoms with Gasteiger partial charge in [-0.05, 0) is 92.8 Å². The van der Waals surface area contributed by atoms with Gasteiger partial charge in [0.15, 0.2) is 0 Å². The molecule has 2 aliphatic heterocycles. The van der Waals surface area contributed by atoms with Gasteiger partial charge in [-0.1, -0.05) is 31.2 Å². The van der Waals surface area contributed by atoms with E-state index in [4.69, 9.17) is 28.4 Å². The van der Waals surface area contributed by atoms with Gasteiger partial charge in [0.2, 0.25) is 0 Å². The van der Waals surface area contributed by atoms with Gasteiger partial charge in [-0.25, -0.2) is 9.59 Å². The molecule has 232 valence electrons. The molecule has 0 N–H and O–H groups in total. The van der Waals surface area contributed by atoms with E-state index < -0.39 is 18.4 Å². The lowest BCUT2D eigenvalue weighted by Crippen LogP contribution is -2.25. The number of hydrogen-bond acceptors (Lipinski definition) is 9. The number of rotatable bonds is 10. The molecule has 1 unspecified atom stereocenters. The van der Waals surface area contributed by atoms with Crippen LogP contribution in [0.2, 0.25) is 0 Å². The van der Waals surface area contributed by atoms with E-state index in [1.54, 1.807) is 38.1 Å². The zero-order chi connectivity index (χ0) is 31.1. The van der Waals surface area contributed by atoms with Crippen LogP contribution in [0.5, 0.6) is 23.0 Å². The van der Waals surface area contributed by atoms with Crippen molar-refractivity contribution in [3.05, 3.63) is 83.4 Å². The molecule has 1 saturated heterocycles. The number of allylic oxidation sites excluding steroid dienone is 1. The fourth-order valence-electron chi connectivity index (χ4n) is 5.55. The lowest BCUT2D eigenvalue weighted by Gasteiger charge is -2.31. The first-order valence-electron chi connectivity index (χ1n) is 15.1. The summed E-state index contributed by atoms with van der Waals surface area (Å²) in [5.74, 6) is 2.83. The Bertz CT molecular complexity index is 1480. The highest BCUT2D eigenvalue weighted by molar-refractivity contribution is 5.95. The lowest BCUT2D eigenvalue weighted by molar-refractivity contribution is 0.103. The highest BCUT2D eigenvalue weighted by atomic mass is 16.7. The summed E-state index contributed by atoms with van der Waals surface area (Å²) in [7, 11) is 0. The van der Waals surface area contributed by atoms with Gasteiger partial charge in [-0.15, -0.1) is 0 Å². The molecule has 0 aromatic heterocycles. The fraction of sp³-hybridized carbons (Fsp3) is 0.371. The van der Waals surface area contributed by atoms with E-state index in [-0.39, 0.29) is 13.2 Å². The number of nitrogens with zero attached hydrogens (tertiary/aromatic N) is 1. The Balaban J connectivity index is 1.41. The van der Waals surface area contributed by atoms with Crippen molar-refractivity contribution in [3.63, 3.8) is 0 Å². The molecule has 0 bridgehead atoms. The summed E-state index contributed by atoms with van der Waals surface area (Å²) in [5, 5.41) is 0. The third-order valence-electron chi connectivity index (χ3n) is 7.73. The molecular formula is C35H39NO8. The summed E-state index contributed by atoms with van der Waals surface area (Å²) >= 11 is 0. The van der Waals surface area contributed by atoms with Crippen LogP contribution in [0.4, 0.5) is 9.59 Å². The highest BCUT2D eigenvalue weighted by Gasteiger charge is 2.30. The van der Waals surface area contributed by atoms with Crippen LogP contribution in [0.25, 0.3) is 11.1 Å². The van der Waals surface area contributed by atoms with Gasteiger partial charge >= 0.3 is 12.3 Å². The number of carbonyl (C=O) groups is 2. The Morgan fingerprint density at radius 2 is 1.50 bits per heavy atom. The number of ether oxygens (including phenoxy) is 6. The molecule has 0 amide bonds. The SMILES string of the molecule is CCOC(=O)Oc1ccc(C2=C(C)c3ccc(OC(=O)OCC)cc3OC2c2ccc(OCCN3CC[C@@H](C)C3)cc2)cc1. The number of fused-ring (bicyclic) bond motifs is 1. The quantitative estimate of drug-likeness (QED) is 0.173. The van der Waals surface area contributed by atoms with Crippen molar-refractivity contribution in [2.45, 2.75) is 40.2 Å². The predicted octanol–water partition coefficient (Wildman–Crippen LogP) is 7.54. The summed E-state index contributed by atoms with van der Waals surface area (Å²) in [6.07, 6.45) is -0.752. The summed E-state index contributed by atoms with van der Waals surface area (Å²) in [4.78, 5) is 26.2. The van der Waals surface area contributed by atoms with Crippen LogP contribution < -0.4 is 18.9 Å². The van der Waals surface area contributed by atoms with Crippen molar-refractivity contribution in [1.29, 1.82) is 0 Å². The molecule has 3 aromatic carbocycles. The standard InChI is InChI=1S/C35H39NO8/c1-5-39-34(37)42-28-13-7-25(8-14-28)32-24(4)30-16-15-29(43-35(38)40-6-2)21-31(30)44-33(32)26-9-11-27(12-10-26)41-20-19-36-18-17-23(3)22-36/h7-16,21,23,33H,5-6,17-20,22H2,1-4H3/t23-,33?/m1/s1. The van der Waals surface area contributed by atoms with Gasteiger partial charge in [0.05, 0.1) is 13.2 Å². The van der Waals surface area contributed by atoms with Gasteiger partial charge < -0.3 is 28.4 Å². The van der Waals surface area contributed by atoms with E-state index >= 15 is 0 Å². The predicted molar refractivity (Wildman–Crippen MR) is 166 cm³/mol. The molecule has 2 atom stereocenters. The molecule has 2 aliphatic rings. The topological polar surface area (TPSA) is 92.8 Å². The zero-order valence-corrected chi connectivity index (χ0v) is 25.7. The van der Waals surface area contributed by atoms with Gasteiger partial charge in [0, 0.05) is 30.3 Å². The van der Waals surface area contributed by atoms with E-state index in [1.807, 2.05) is 49.4 Å². The van der Waals surface area contributed by atoms with E-state index in [2.05, 4.69) is 11.8 Å². The Kier molecular flexibility index (Phi) is 10.1. The Morgan fingerprint density at radius 1 is 0.864 bits per heavy atom. The molecule has 9 nitrogen and oxygen atoms in total. The fourth-order valence-corrected chi connectivity index (χ4v) is 5.55. The van der Waals surface area contributed by atoms with Crippen LogP contribution in [0.1, 0.15) is 56.9 Å². The van der Waals surface area contributed by atoms with Crippen LogP contribution in [0.3, 0.4) is 0 Å². The largest absolute Gasteiger partial charge is 0.513 e. The third-order valence-corrected chi connectivity index (χ3v) is 7.73. The first kappa shape index (κ1) is 30.9. The highest BCUT2D eigenvalue weighted by Crippen LogP contribution is 2.47. The molecule has 0 spiro atoms. The van der Waals surface area contributed by atoms with Gasteiger partial charge in [0.1, 0.15) is 35.7 Å². The van der Waals surface area contributed by atoms with Gasteiger partial charge in [-0.2, -0.15) is 0 Å². The number of benzene rings is 3. The third kappa shape index (κ3) is 7.52. The van der Waals surface area contributed by atoms with Crippen molar-refractivity contribution in [2.24, 2.45) is 5.92 Å². The Morgan fingerprint density at radius 3 is 2.14 bits per heavy atom. The van der Waals surface area contributed by atoms with E-state index in [9.17, 15) is 9.59 Å². The Labute approximate surface area is 258 Å². The maximum absolute atomic E-state index is 11.9. The molecule has 0 aliphatic carbocycles. The van der Waals surface area contributed by atoms with Crippen molar-refractivity contribution in [1.82, 2.24) is 4.90 Å². The smallest absolute Gasteiger partial charge is 0.492 e. The molecule has 5 rings (SSSR count). The average Bonchev–Trinajstić information content (AvgIpc) is 3.43. The van der Waals surface area contributed by atoms with Crippen molar-refractivity contribution in [3.8, 4) is 23.0 Å². The number of hydrogen-bond donors (Lipinski definition) is 0. The first-order valence-corrected chi connectivity index (χ1v) is 15.1. The molecule has 9 heteroatoms. The normalized spacial score (nSPS) is 17.8. The van der Waals surface area contributed by atoms with Crippen LogP contribution >= 0.6 is 0 Å². The summed E-state index contributed by atoms with van der Waals surface area (Å²) in [5.41, 5.74) is 4.65. The average molecular weight is 602 g/mol. The van der Waals surface area contributed by atoms with Crippen molar-refractivity contribution < 1.29 is 38.0 Å². The molecule has 0 saturated carbocycles. The van der Waals surface area contributed by atoms with E-state index in [0.29, 0.717) is 23.9 Å². The van der Waals surface area contributed by atoms with Crippen LogP contribution in [0, 0.1) is 5.92 Å². The second kappa shape index (κ2) is 14.3. The van der Waals surface area contributed by atoms with Crippen LogP contribution in [-0.2, 0) is 9.47 Å². The molecule has 0 radical (unpaired) electrons. The van der Waals surface area contributed by atoms with Crippen LogP contribution in [-0.4, -0.2) is 56.7 Å². The monoisotopic (exact) mass is 601 g/mol. The van der Waals surface area contributed by atoms with Crippen LogP contribution in [0.15, 0.2) is 66.7 Å². The maximum Gasteiger partial charge on any atom is 0.513 e. The minimum atomic E-state index is -0.771. The lowest BCUT2D eigenvalue weighted by atomic mass is 9.86. The van der Waals surface area contributed by atoms with E-state index in [1.165, 1.54) is 6.42 Å². The molecule has 1 fully saturated rings. The van der Waals surface area contributed by atoms with Crippen molar-refractivity contribution >= 4 is 23.5 Å². The summed E-state index contributed by atoms with van der Waals surface area (Å²) in [6.45, 7) is 12.0. The van der Waals surface area contributed by atoms with Crippen molar-refractivity contribution in [2.75, 3.05) is 39.5 Å². The molecular weight excluding hydrogens is 562 g/mol. The summed E-state index contributed by atoms with van der Waals surface area (Å²) in [6, 6.07) is 20.5. The van der Waals surface area contributed by atoms with Gasteiger partial charge in [0.25, 0.3) is 0 Å².